The summed E-state index contributed by atoms with van der Waals surface area (Å²) in [5, 5.41) is 18.4. The molecule has 4 heteroatoms. The lowest BCUT2D eigenvalue weighted by Gasteiger charge is -2.18. The number of aliphatic carboxylic acids is 1. The summed E-state index contributed by atoms with van der Waals surface area (Å²) in [6.07, 6.45) is 0.0984. The molecule has 0 bridgehead atoms. The van der Waals surface area contributed by atoms with Gasteiger partial charge in [0.15, 0.2) is 5.60 Å². The monoisotopic (exact) mass is 272 g/mol. The van der Waals surface area contributed by atoms with Crippen LogP contribution in [0.5, 0.6) is 0 Å². The smallest absolute Gasteiger partial charge is 0.335 e. The zero-order valence-electron chi connectivity index (χ0n) is 8.62. The maximum Gasteiger partial charge on any atom is 0.335 e. The Hall–Kier alpha value is -0.870. The van der Waals surface area contributed by atoms with E-state index in [1.807, 2.05) is 25.1 Å². The van der Waals surface area contributed by atoms with E-state index < -0.39 is 11.6 Å². The van der Waals surface area contributed by atoms with Crippen LogP contribution in [0.2, 0.25) is 0 Å². The van der Waals surface area contributed by atoms with Crippen LogP contribution in [0.4, 0.5) is 0 Å². The van der Waals surface area contributed by atoms with Crippen molar-refractivity contribution in [1.29, 1.82) is 0 Å². The molecular weight excluding hydrogens is 260 g/mol. The van der Waals surface area contributed by atoms with Gasteiger partial charge in [0, 0.05) is 10.9 Å². The molecule has 0 saturated carbocycles. The minimum absolute atomic E-state index is 0.0984. The molecule has 1 aromatic rings. The lowest BCUT2D eigenvalue weighted by atomic mass is 9.96. The molecule has 1 unspecified atom stereocenters. The summed E-state index contributed by atoms with van der Waals surface area (Å²) in [5.74, 6) is -1.21. The molecule has 0 aliphatic carbocycles. The van der Waals surface area contributed by atoms with Crippen LogP contribution in [0.3, 0.4) is 0 Å². The number of carbonyl (C=O) groups is 1. The molecule has 1 rings (SSSR count). The van der Waals surface area contributed by atoms with Gasteiger partial charge in [0.05, 0.1) is 0 Å². The van der Waals surface area contributed by atoms with E-state index in [-0.39, 0.29) is 6.42 Å². The van der Waals surface area contributed by atoms with E-state index in [1.54, 1.807) is 0 Å². The lowest BCUT2D eigenvalue weighted by Crippen LogP contribution is -2.37. The highest BCUT2D eigenvalue weighted by Gasteiger charge is 2.29. The number of benzene rings is 1. The summed E-state index contributed by atoms with van der Waals surface area (Å²) < 4.78 is 0.918. The van der Waals surface area contributed by atoms with E-state index in [4.69, 9.17) is 5.11 Å². The summed E-state index contributed by atoms with van der Waals surface area (Å²) in [4.78, 5) is 10.7. The first-order valence-corrected chi connectivity index (χ1v) is 5.33. The van der Waals surface area contributed by atoms with Gasteiger partial charge >= 0.3 is 5.97 Å². The van der Waals surface area contributed by atoms with Gasteiger partial charge in [0.1, 0.15) is 0 Å². The molecule has 0 aliphatic heterocycles. The third-order valence-corrected chi connectivity index (χ3v) is 3.10. The van der Waals surface area contributed by atoms with Crippen LogP contribution in [0.1, 0.15) is 18.1 Å². The summed E-state index contributed by atoms with van der Waals surface area (Å²) in [7, 11) is 0. The third kappa shape index (κ3) is 3.04. The molecule has 2 N–H and O–H groups in total. The van der Waals surface area contributed by atoms with Gasteiger partial charge < -0.3 is 10.2 Å². The van der Waals surface area contributed by atoms with E-state index in [9.17, 15) is 9.90 Å². The van der Waals surface area contributed by atoms with Crippen LogP contribution in [-0.2, 0) is 11.2 Å². The Bertz CT molecular complexity index is 385. The maximum atomic E-state index is 10.7. The number of rotatable bonds is 3. The normalized spacial score (nSPS) is 14.7. The van der Waals surface area contributed by atoms with Crippen LogP contribution in [0, 0.1) is 6.92 Å². The average molecular weight is 273 g/mol. The molecule has 0 spiro atoms. The van der Waals surface area contributed by atoms with Crippen LogP contribution >= 0.6 is 15.9 Å². The second-order valence-corrected chi connectivity index (χ2v) is 4.69. The third-order valence-electron chi connectivity index (χ3n) is 2.25. The topological polar surface area (TPSA) is 57.5 Å². The van der Waals surface area contributed by atoms with E-state index in [0.717, 1.165) is 15.6 Å². The summed E-state index contributed by atoms with van der Waals surface area (Å²) >= 11 is 3.36. The van der Waals surface area contributed by atoms with E-state index in [0.29, 0.717) is 0 Å². The van der Waals surface area contributed by atoms with Crippen molar-refractivity contribution in [1.82, 2.24) is 0 Å². The second kappa shape index (κ2) is 4.33. The van der Waals surface area contributed by atoms with Crippen molar-refractivity contribution in [2.45, 2.75) is 25.9 Å². The second-order valence-electron chi connectivity index (χ2n) is 3.84. The van der Waals surface area contributed by atoms with Crippen molar-refractivity contribution in [3.05, 3.63) is 33.8 Å². The molecule has 0 saturated heterocycles. The van der Waals surface area contributed by atoms with Crippen molar-refractivity contribution >= 4 is 21.9 Å². The van der Waals surface area contributed by atoms with Gasteiger partial charge in [-0.2, -0.15) is 0 Å². The Labute approximate surface area is 96.9 Å². The van der Waals surface area contributed by atoms with Gasteiger partial charge in [-0.3, -0.25) is 0 Å². The standard InChI is InChI=1S/C11H13BrO3/c1-7-3-4-8(5-9(7)12)6-11(2,15)10(13)14/h3-5,15H,6H2,1-2H3,(H,13,14). The molecule has 15 heavy (non-hydrogen) atoms. The summed E-state index contributed by atoms with van der Waals surface area (Å²) in [5.41, 5.74) is 0.155. The number of aryl methyl sites for hydroxylation is 1. The largest absolute Gasteiger partial charge is 0.479 e. The Balaban J connectivity index is 2.91. The van der Waals surface area contributed by atoms with Crippen molar-refractivity contribution < 1.29 is 15.0 Å². The highest BCUT2D eigenvalue weighted by molar-refractivity contribution is 9.10. The predicted molar refractivity (Wildman–Crippen MR) is 60.8 cm³/mol. The predicted octanol–water partition coefficient (Wildman–Crippen LogP) is 2.14. The SMILES string of the molecule is Cc1ccc(CC(C)(O)C(=O)O)cc1Br. The molecule has 1 atom stereocenters. The summed E-state index contributed by atoms with van der Waals surface area (Å²) in [6.45, 7) is 3.24. The van der Waals surface area contributed by atoms with Crippen LogP contribution in [-0.4, -0.2) is 21.8 Å². The van der Waals surface area contributed by atoms with Gasteiger partial charge in [-0.25, -0.2) is 4.79 Å². The molecule has 1 aromatic carbocycles. The maximum absolute atomic E-state index is 10.7. The Morgan fingerprint density at radius 3 is 2.60 bits per heavy atom. The highest BCUT2D eigenvalue weighted by Crippen LogP contribution is 2.21. The number of aliphatic hydroxyl groups is 1. The Morgan fingerprint density at radius 1 is 1.53 bits per heavy atom. The quantitative estimate of drug-likeness (QED) is 0.887. The van der Waals surface area contributed by atoms with Gasteiger partial charge in [-0.05, 0) is 31.0 Å². The van der Waals surface area contributed by atoms with E-state index in [2.05, 4.69) is 15.9 Å². The average Bonchev–Trinajstić information content (AvgIpc) is 2.10. The van der Waals surface area contributed by atoms with Crippen molar-refractivity contribution in [2.75, 3.05) is 0 Å². The first kappa shape index (κ1) is 12.2. The van der Waals surface area contributed by atoms with Gasteiger partial charge in [-0.1, -0.05) is 28.1 Å². The van der Waals surface area contributed by atoms with Crippen LogP contribution in [0.15, 0.2) is 22.7 Å². The number of carboxylic acids is 1. The Morgan fingerprint density at radius 2 is 2.13 bits per heavy atom. The molecular formula is C11H13BrO3. The van der Waals surface area contributed by atoms with E-state index >= 15 is 0 Å². The van der Waals surface area contributed by atoms with Gasteiger partial charge in [0.2, 0.25) is 0 Å². The van der Waals surface area contributed by atoms with Crippen molar-refractivity contribution in [2.24, 2.45) is 0 Å². The first-order valence-electron chi connectivity index (χ1n) is 4.54. The number of hydrogen-bond donors (Lipinski definition) is 2. The highest BCUT2D eigenvalue weighted by atomic mass is 79.9. The number of halogens is 1. The zero-order chi connectivity index (χ0) is 11.6. The van der Waals surface area contributed by atoms with E-state index in [1.165, 1.54) is 6.92 Å². The zero-order valence-corrected chi connectivity index (χ0v) is 10.2. The minimum atomic E-state index is -1.71. The first-order chi connectivity index (χ1) is 6.83. The molecule has 0 radical (unpaired) electrons. The molecule has 82 valence electrons. The van der Waals surface area contributed by atoms with Crippen LogP contribution in [0.25, 0.3) is 0 Å². The van der Waals surface area contributed by atoms with Gasteiger partial charge in [0.25, 0.3) is 0 Å². The lowest BCUT2D eigenvalue weighted by molar-refractivity contribution is -0.156. The molecule has 0 aliphatic rings. The van der Waals surface area contributed by atoms with Gasteiger partial charge in [-0.15, -0.1) is 0 Å². The van der Waals surface area contributed by atoms with Crippen molar-refractivity contribution in [3.63, 3.8) is 0 Å². The number of carboxylic acid groups (broad SMARTS) is 1. The molecule has 0 amide bonds. The molecule has 3 nitrogen and oxygen atoms in total. The fourth-order valence-electron chi connectivity index (χ4n) is 1.22. The molecule has 0 aromatic heterocycles. The number of hydrogen-bond acceptors (Lipinski definition) is 2. The molecule has 0 heterocycles. The fraction of sp³-hybridized carbons (Fsp3) is 0.364. The fourth-order valence-corrected chi connectivity index (χ4v) is 1.65. The molecule has 0 fully saturated rings. The Kier molecular flexibility index (Phi) is 3.52. The van der Waals surface area contributed by atoms with Crippen molar-refractivity contribution in [3.8, 4) is 0 Å². The van der Waals surface area contributed by atoms with Crippen LogP contribution < -0.4 is 0 Å². The summed E-state index contributed by atoms with van der Waals surface area (Å²) in [6, 6.07) is 5.53. The minimum Gasteiger partial charge on any atom is -0.479 e.